The van der Waals surface area contributed by atoms with Gasteiger partial charge >= 0.3 is 6.18 Å². The lowest BCUT2D eigenvalue weighted by Gasteiger charge is -2.36. The molecule has 3 atom stereocenters. The summed E-state index contributed by atoms with van der Waals surface area (Å²) >= 11 is 6.51. The molecule has 0 aromatic heterocycles. The van der Waals surface area contributed by atoms with Crippen LogP contribution in [0.4, 0.5) is 13.2 Å². The van der Waals surface area contributed by atoms with E-state index in [2.05, 4.69) is 16.7 Å². The molecule has 3 saturated carbocycles. The summed E-state index contributed by atoms with van der Waals surface area (Å²) in [5.41, 5.74) is -2.44. The number of Topliss-reactive ketones (excluding diaryl/α,β-unsaturated/α-hetero) is 1. The predicted molar refractivity (Wildman–Crippen MR) is 150 cm³/mol. The van der Waals surface area contributed by atoms with Gasteiger partial charge in [0, 0.05) is 12.3 Å². The third-order valence-corrected chi connectivity index (χ3v) is 12.4. The average Bonchev–Trinajstić information content (AvgIpc) is 3.87. The molecule has 0 radical (unpaired) electrons. The van der Waals surface area contributed by atoms with Crippen molar-refractivity contribution in [2.24, 2.45) is 23.2 Å². The molecule has 1 aromatic carbocycles. The summed E-state index contributed by atoms with van der Waals surface area (Å²) in [6.07, 6.45) is -0.771. The number of nitriles is 1. The van der Waals surface area contributed by atoms with Crippen LogP contribution in [0.1, 0.15) is 76.2 Å². The van der Waals surface area contributed by atoms with Gasteiger partial charge in [-0.3, -0.25) is 9.59 Å². The van der Waals surface area contributed by atoms with Crippen LogP contribution >= 0.6 is 11.6 Å². The number of nitrogens with one attached hydrogen (secondary N) is 2. The van der Waals surface area contributed by atoms with Gasteiger partial charge in [-0.15, -0.1) is 0 Å². The molecule has 7 nitrogen and oxygen atoms in total. The number of benzene rings is 1. The third kappa shape index (κ3) is 6.51. The summed E-state index contributed by atoms with van der Waals surface area (Å²) in [4.78, 5) is 25.9. The number of alkyl halides is 3. The van der Waals surface area contributed by atoms with Crippen LogP contribution in [0.15, 0.2) is 23.1 Å². The molecule has 1 heterocycles. The fourth-order valence-electron chi connectivity index (χ4n) is 6.82. The van der Waals surface area contributed by atoms with Crippen LogP contribution in [-0.4, -0.2) is 50.2 Å². The van der Waals surface area contributed by atoms with Crippen molar-refractivity contribution >= 4 is 33.1 Å². The predicted octanol–water partition coefficient (Wildman–Crippen LogP) is 5.30. The molecule has 0 spiro atoms. The molecule has 1 aliphatic heterocycles. The minimum Gasteiger partial charge on any atom is -0.338 e. The van der Waals surface area contributed by atoms with Gasteiger partial charge in [0.15, 0.2) is 15.6 Å². The minimum absolute atomic E-state index is 0.000979. The number of carbonyl (C=O) groups excluding carboxylic acids is 2. The van der Waals surface area contributed by atoms with Crippen molar-refractivity contribution in [3.63, 3.8) is 0 Å². The number of ketones is 1. The highest BCUT2D eigenvalue weighted by molar-refractivity contribution is 7.92. The second kappa shape index (κ2) is 11.7. The Morgan fingerprint density at radius 2 is 1.76 bits per heavy atom. The average molecular weight is 628 g/mol. The Labute approximate surface area is 249 Å². The normalized spacial score (nSPS) is 27.1. The first-order chi connectivity index (χ1) is 19.8. The highest BCUT2D eigenvalue weighted by Crippen LogP contribution is 2.60. The zero-order chi connectivity index (χ0) is 30.3. The Balaban J connectivity index is 1.34. The first-order valence-electron chi connectivity index (χ1n) is 14.8. The molecule has 2 N–H and O–H groups in total. The smallest absolute Gasteiger partial charge is 0.338 e. The molecule has 1 saturated heterocycles. The number of nitrogens with zero attached hydrogens (tertiary/aromatic N) is 1. The number of hydrogen-bond acceptors (Lipinski definition) is 6. The number of amides is 1. The Morgan fingerprint density at radius 1 is 1.07 bits per heavy atom. The molecular formula is C30H37ClF3N3O4S. The van der Waals surface area contributed by atoms with E-state index in [1.54, 1.807) is 12.1 Å². The molecule has 230 valence electrons. The number of piperidine rings is 1. The van der Waals surface area contributed by atoms with E-state index in [1.165, 1.54) is 6.07 Å². The van der Waals surface area contributed by atoms with Gasteiger partial charge < -0.3 is 10.6 Å². The molecule has 5 rings (SSSR count). The fraction of sp³-hybridized carbons (Fsp3) is 0.700. The number of sulfone groups is 1. The molecule has 1 aromatic rings. The zero-order valence-electron chi connectivity index (χ0n) is 23.4. The molecule has 1 amide bonds. The third-order valence-electron chi connectivity index (χ3n) is 9.75. The topological polar surface area (TPSA) is 116 Å². The summed E-state index contributed by atoms with van der Waals surface area (Å²) in [5.74, 6) is -2.62. The van der Waals surface area contributed by atoms with E-state index in [4.69, 9.17) is 11.6 Å². The number of halogens is 4. The lowest BCUT2D eigenvalue weighted by atomic mass is 9.74. The lowest BCUT2D eigenvalue weighted by Crippen LogP contribution is -2.44. The van der Waals surface area contributed by atoms with Gasteiger partial charge in [-0.2, -0.15) is 18.4 Å². The maximum atomic E-state index is 13.9. The van der Waals surface area contributed by atoms with Crippen LogP contribution in [0, 0.1) is 34.5 Å². The van der Waals surface area contributed by atoms with E-state index in [-0.39, 0.29) is 48.4 Å². The zero-order valence-corrected chi connectivity index (χ0v) is 25.0. The van der Waals surface area contributed by atoms with Crippen molar-refractivity contribution in [1.82, 2.24) is 10.6 Å². The quantitative estimate of drug-likeness (QED) is 0.364. The Kier molecular flexibility index (Phi) is 8.74. The Morgan fingerprint density at radius 3 is 2.33 bits per heavy atom. The highest BCUT2D eigenvalue weighted by atomic mass is 35.5. The van der Waals surface area contributed by atoms with Gasteiger partial charge in [-0.1, -0.05) is 17.7 Å². The summed E-state index contributed by atoms with van der Waals surface area (Å²) < 4.78 is 69.4. The molecule has 42 heavy (non-hydrogen) atoms. The van der Waals surface area contributed by atoms with Crippen molar-refractivity contribution in [2.45, 2.75) is 98.9 Å². The molecule has 3 aliphatic carbocycles. The summed E-state index contributed by atoms with van der Waals surface area (Å²) in [5, 5.41) is 14.2. The maximum Gasteiger partial charge on any atom is 0.401 e. The van der Waals surface area contributed by atoms with Gasteiger partial charge in [0.25, 0.3) is 0 Å². The van der Waals surface area contributed by atoms with Crippen LogP contribution < -0.4 is 10.6 Å². The van der Waals surface area contributed by atoms with Crippen molar-refractivity contribution in [1.29, 1.82) is 5.26 Å². The minimum atomic E-state index is -4.71. The Bertz CT molecular complexity index is 1360. The van der Waals surface area contributed by atoms with Crippen LogP contribution in [0.3, 0.4) is 0 Å². The molecule has 3 unspecified atom stereocenters. The van der Waals surface area contributed by atoms with Crippen LogP contribution in [0.5, 0.6) is 0 Å². The number of rotatable bonds is 10. The number of carbonyl (C=O) groups is 2. The van der Waals surface area contributed by atoms with E-state index >= 15 is 0 Å². The van der Waals surface area contributed by atoms with E-state index in [9.17, 15) is 36.4 Å². The molecular weight excluding hydrogens is 591 g/mol. The number of hydrogen-bond donors (Lipinski definition) is 2. The van der Waals surface area contributed by atoms with Gasteiger partial charge in [-0.05, 0) is 113 Å². The lowest BCUT2D eigenvalue weighted by molar-refractivity contribution is -0.194. The maximum absolute atomic E-state index is 13.9. The van der Waals surface area contributed by atoms with Gasteiger partial charge in [0.1, 0.15) is 11.0 Å². The van der Waals surface area contributed by atoms with Crippen molar-refractivity contribution in [2.75, 3.05) is 13.1 Å². The molecule has 0 bridgehead atoms. The SMILES string of the molecule is N#CC1(NC(=O)CC2CC(C(=O)C3(C(F)(F)F)CC3)CC(S(=O)(=O)c3ccc(CCC4CCNCC4)cc3Cl)C2)CC1. The second-order valence-corrected chi connectivity index (χ2v) is 15.4. The summed E-state index contributed by atoms with van der Waals surface area (Å²) in [6, 6.07) is 6.90. The van der Waals surface area contributed by atoms with Gasteiger partial charge in [0.2, 0.25) is 5.91 Å². The highest BCUT2D eigenvalue weighted by Gasteiger charge is 2.69. The fourth-order valence-corrected chi connectivity index (χ4v) is 9.31. The first kappa shape index (κ1) is 31.3. The van der Waals surface area contributed by atoms with Gasteiger partial charge in [0.05, 0.1) is 21.2 Å². The largest absolute Gasteiger partial charge is 0.401 e. The van der Waals surface area contributed by atoms with Crippen molar-refractivity contribution < 1.29 is 31.2 Å². The van der Waals surface area contributed by atoms with Crippen molar-refractivity contribution in [3.8, 4) is 6.07 Å². The van der Waals surface area contributed by atoms with Crippen LogP contribution in [0.2, 0.25) is 5.02 Å². The van der Waals surface area contributed by atoms with E-state index in [0.29, 0.717) is 18.8 Å². The standard InChI is InChI=1S/C30H37ClF3N3O4S/c31-24-15-20(2-1-19-5-11-36-12-6-19)3-4-25(24)42(40,41)23-14-21(16-26(38)37-28(18-35)7-8-28)13-22(17-23)27(39)29(9-10-29)30(32,33)34/h3-4,15,19,21-23,36H,1-2,5-14,16-17H2,(H,37,38). The van der Waals surface area contributed by atoms with Crippen LogP contribution in [0.25, 0.3) is 0 Å². The first-order valence-corrected chi connectivity index (χ1v) is 16.8. The van der Waals surface area contributed by atoms with E-state index in [1.807, 2.05) is 0 Å². The summed E-state index contributed by atoms with van der Waals surface area (Å²) in [6.45, 7) is 1.97. The summed E-state index contributed by atoms with van der Waals surface area (Å²) in [7, 11) is -4.13. The van der Waals surface area contributed by atoms with E-state index < -0.39 is 55.7 Å². The van der Waals surface area contributed by atoms with Crippen LogP contribution in [-0.2, 0) is 25.8 Å². The van der Waals surface area contributed by atoms with Crippen molar-refractivity contribution in [3.05, 3.63) is 28.8 Å². The van der Waals surface area contributed by atoms with E-state index in [0.717, 1.165) is 44.3 Å². The molecule has 4 fully saturated rings. The molecule has 12 heteroatoms. The molecule has 4 aliphatic rings. The second-order valence-electron chi connectivity index (χ2n) is 12.8. The van der Waals surface area contributed by atoms with Gasteiger partial charge in [-0.25, -0.2) is 8.42 Å². The number of aryl methyl sites for hydroxylation is 1. The monoisotopic (exact) mass is 627 g/mol. The Hall–Kier alpha value is -2.16.